The number of methoxy groups -OCH3 is 1. The number of anilines is 1. The molecule has 0 fully saturated rings. The van der Waals surface area contributed by atoms with Gasteiger partial charge in [-0.15, -0.1) is 10.2 Å². The van der Waals surface area contributed by atoms with Crippen LogP contribution in [0.1, 0.15) is 0 Å². The van der Waals surface area contributed by atoms with Crippen molar-refractivity contribution in [1.29, 1.82) is 0 Å². The molecule has 0 aliphatic rings. The lowest BCUT2D eigenvalue weighted by molar-refractivity contribution is 0.415. The summed E-state index contributed by atoms with van der Waals surface area (Å²) in [6, 6.07) is 18.8. The standard InChI is InChI=1S/C22H18N4O4S/c1-30-16-6-4-5-14(11-16)19-10-9-15(13-24-19)25-26-20-12-21(31(27,28)29)17-7-2-3-8-18(17)22(20)23/h2-13H,23H2,1H3,(H,27,28,29)/b26-25+. The van der Waals surface area contributed by atoms with Crippen LogP contribution in [-0.4, -0.2) is 25.1 Å². The fourth-order valence-corrected chi connectivity index (χ4v) is 3.87. The Bertz CT molecular complexity index is 1400. The molecule has 4 aromatic rings. The van der Waals surface area contributed by atoms with Crippen molar-refractivity contribution in [2.75, 3.05) is 12.8 Å². The number of benzene rings is 3. The number of nitrogens with two attached hydrogens (primary N) is 1. The SMILES string of the molecule is COc1cccc(-c2ccc(/N=N/c3cc(S(=O)(=O)O)c4ccccc4c3N)cn2)c1. The second-order valence-corrected chi connectivity index (χ2v) is 8.05. The summed E-state index contributed by atoms with van der Waals surface area (Å²) in [5, 5.41) is 8.98. The van der Waals surface area contributed by atoms with E-state index in [-0.39, 0.29) is 16.3 Å². The molecule has 156 valence electrons. The third-order valence-electron chi connectivity index (χ3n) is 4.69. The van der Waals surface area contributed by atoms with Gasteiger partial charge in [-0.1, -0.05) is 36.4 Å². The van der Waals surface area contributed by atoms with Crippen molar-refractivity contribution in [2.24, 2.45) is 10.2 Å². The van der Waals surface area contributed by atoms with Crippen LogP contribution in [0, 0.1) is 0 Å². The van der Waals surface area contributed by atoms with Gasteiger partial charge in [-0.3, -0.25) is 9.54 Å². The Balaban J connectivity index is 1.69. The molecule has 3 N–H and O–H groups in total. The van der Waals surface area contributed by atoms with Crippen LogP contribution in [0.25, 0.3) is 22.0 Å². The van der Waals surface area contributed by atoms with Crippen LogP contribution < -0.4 is 10.5 Å². The zero-order chi connectivity index (χ0) is 22.0. The number of azo groups is 1. The maximum atomic E-state index is 11.8. The molecule has 3 aromatic carbocycles. The Morgan fingerprint density at radius 2 is 1.74 bits per heavy atom. The first-order valence-corrected chi connectivity index (χ1v) is 10.6. The topological polar surface area (TPSA) is 127 Å². The molecule has 4 rings (SSSR count). The van der Waals surface area contributed by atoms with Gasteiger partial charge in [0.05, 0.1) is 24.7 Å². The van der Waals surface area contributed by atoms with E-state index in [1.165, 1.54) is 6.07 Å². The second-order valence-electron chi connectivity index (χ2n) is 6.66. The van der Waals surface area contributed by atoms with Gasteiger partial charge in [-0.25, -0.2) is 0 Å². The van der Waals surface area contributed by atoms with Gasteiger partial charge in [-0.05, 0) is 30.3 Å². The summed E-state index contributed by atoms with van der Waals surface area (Å²) in [7, 11) is -2.87. The maximum absolute atomic E-state index is 11.8. The molecule has 0 aliphatic heterocycles. The molecule has 0 saturated heterocycles. The molecular weight excluding hydrogens is 416 g/mol. The third-order valence-corrected chi connectivity index (χ3v) is 5.58. The summed E-state index contributed by atoms with van der Waals surface area (Å²) in [5.74, 6) is 0.726. The molecule has 1 aromatic heterocycles. The Kier molecular flexibility index (Phi) is 5.37. The molecule has 0 unspecified atom stereocenters. The lowest BCUT2D eigenvalue weighted by Crippen LogP contribution is -2.01. The molecule has 1 heterocycles. The van der Waals surface area contributed by atoms with Crippen LogP contribution in [0.5, 0.6) is 5.75 Å². The summed E-state index contributed by atoms with van der Waals surface area (Å²) < 4.78 is 38.5. The van der Waals surface area contributed by atoms with E-state index < -0.39 is 10.1 Å². The van der Waals surface area contributed by atoms with Crippen molar-refractivity contribution in [2.45, 2.75) is 4.90 Å². The molecule has 0 amide bonds. The summed E-state index contributed by atoms with van der Waals surface area (Å²) in [6.45, 7) is 0. The highest BCUT2D eigenvalue weighted by molar-refractivity contribution is 7.86. The van der Waals surface area contributed by atoms with Crippen LogP contribution >= 0.6 is 0 Å². The number of nitrogen functional groups attached to an aromatic ring is 1. The van der Waals surface area contributed by atoms with Crippen LogP contribution in [0.2, 0.25) is 0 Å². The second kappa shape index (κ2) is 8.13. The van der Waals surface area contributed by atoms with Gasteiger partial charge in [0.15, 0.2) is 0 Å². The first kappa shape index (κ1) is 20.5. The van der Waals surface area contributed by atoms with Gasteiger partial charge in [0.25, 0.3) is 10.1 Å². The lowest BCUT2D eigenvalue weighted by Gasteiger charge is -2.09. The zero-order valence-corrected chi connectivity index (χ0v) is 17.2. The minimum absolute atomic E-state index is 0.128. The van der Waals surface area contributed by atoms with E-state index in [0.717, 1.165) is 17.0 Å². The van der Waals surface area contributed by atoms with E-state index in [1.54, 1.807) is 49.7 Å². The Morgan fingerprint density at radius 3 is 2.42 bits per heavy atom. The van der Waals surface area contributed by atoms with Gasteiger partial charge in [0.1, 0.15) is 22.0 Å². The van der Waals surface area contributed by atoms with Crippen molar-refractivity contribution in [3.63, 3.8) is 0 Å². The normalized spacial score (nSPS) is 11.8. The average Bonchev–Trinajstić information content (AvgIpc) is 2.78. The molecule has 0 bridgehead atoms. The van der Waals surface area contributed by atoms with Gasteiger partial charge >= 0.3 is 0 Å². The molecule has 0 radical (unpaired) electrons. The molecule has 9 heteroatoms. The number of pyridine rings is 1. The van der Waals surface area contributed by atoms with Crippen molar-refractivity contribution in [3.05, 3.63) is 72.9 Å². The smallest absolute Gasteiger partial charge is 0.295 e. The summed E-state index contributed by atoms with van der Waals surface area (Å²) in [5.41, 5.74) is 8.62. The maximum Gasteiger partial charge on any atom is 0.295 e. The number of fused-ring (bicyclic) bond motifs is 1. The predicted octanol–water partition coefficient (Wildman–Crippen LogP) is 5.15. The first-order chi connectivity index (χ1) is 14.9. The Morgan fingerprint density at radius 1 is 0.968 bits per heavy atom. The van der Waals surface area contributed by atoms with Crippen LogP contribution in [0.4, 0.5) is 17.1 Å². The van der Waals surface area contributed by atoms with Crippen LogP contribution in [0.15, 0.2) is 88.1 Å². The number of hydrogen-bond donors (Lipinski definition) is 2. The minimum atomic E-state index is -4.47. The van der Waals surface area contributed by atoms with Crippen molar-refractivity contribution >= 4 is 38.0 Å². The van der Waals surface area contributed by atoms with E-state index in [1.807, 2.05) is 24.3 Å². The first-order valence-electron chi connectivity index (χ1n) is 9.18. The minimum Gasteiger partial charge on any atom is -0.497 e. The quantitative estimate of drug-likeness (QED) is 0.254. The van der Waals surface area contributed by atoms with Gasteiger partial charge in [0.2, 0.25) is 0 Å². The molecular formula is C22H18N4O4S. The average molecular weight is 434 g/mol. The molecule has 8 nitrogen and oxygen atoms in total. The van der Waals surface area contributed by atoms with Gasteiger partial charge in [-0.2, -0.15) is 8.42 Å². The predicted molar refractivity (Wildman–Crippen MR) is 119 cm³/mol. The van der Waals surface area contributed by atoms with E-state index in [2.05, 4.69) is 15.2 Å². The summed E-state index contributed by atoms with van der Waals surface area (Å²) >= 11 is 0. The highest BCUT2D eigenvalue weighted by Crippen LogP contribution is 2.36. The fraction of sp³-hybridized carbons (Fsp3) is 0.0455. The van der Waals surface area contributed by atoms with E-state index >= 15 is 0 Å². The number of rotatable bonds is 5. The van der Waals surface area contributed by atoms with Crippen LogP contribution in [0.3, 0.4) is 0 Å². The van der Waals surface area contributed by atoms with E-state index in [9.17, 15) is 13.0 Å². The Hall–Kier alpha value is -3.82. The monoisotopic (exact) mass is 434 g/mol. The zero-order valence-electron chi connectivity index (χ0n) is 16.4. The van der Waals surface area contributed by atoms with Gasteiger partial charge < -0.3 is 10.5 Å². The molecule has 0 saturated carbocycles. The summed E-state index contributed by atoms with van der Waals surface area (Å²) in [4.78, 5) is 4.11. The molecule has 31 heavy (non-hydrogen) atoms. The fourth-order valence-electron chi connectivity index (χ4n) is 3.16. The largest absolute Gasteiger partial charge is 0.497 e. The third kappa shape index (κ3) is 4.23. The molecule has 0 atom stereocenters. The number of ether oxygens (including phenoxy) is 1. The Labute approximate surface area is 178 Å². The molecule has 0 aliphatic carbocycles. The summed E-state index contributed by atoms with van der Waals surface area (Å²) in [6.07, 6.45) is 1.54. The number of hydrogen-bond acceptors (Lipinski definition) is 7. The van der Waals surface area contributed by atoms with Crippen LogP contribution in [-0.2, 0) is 10.1 Å². The van der Waals surface area contributed by atoms with Crippen molar-refractivity contribution in [1.82, 2.24) is 4.98 Å². The van der Waals surface area contributed by atoms with Crippen molar-refractivity contribution < 1.29 is 17.7 Å². The number of nitrogens with zero attached hydrogens (tertiary/aromatic N) is 3. The lowest BCUT2D eigenvalue weighted by atomic mass is 10.1. The van der Waals surface area contributed by atoms with E-state index in [4.69, 9.17) is 10.5 Å². The van der Waals surface area contributed by atoms with E-state index in [0.29, 0.717) is 16.5 Å². The molecule has 0 spiro atoms. The highest BCUT2D eigenvalue weighted by atomic mass is 32.2. The number of aromatic nitrogens is 1. The van der Waals surface area contributed by atoms with Crippen molar-refractivity contribution in [3.8, 4) is 17.0 Å². The van der Waals surface area contributed by atoms with Gasteiger partial charge in [0, 0.05) is 16.3 Å². The highest BCUT2D eigenvalue weighted by Gasteiger charge is 2.18.